The molecule has 144 valence electrons. The van der Waals surface area contributed by atoms with Crippen LogP contribution in [0.25, 0.3) is 0 Å². The molecule has 2 fully saturated rings. The molecule has 8 heteroatoms. The number of carbonyl (C=O) groups is 4. The van der Waals surface area contributed by atoms with Crippen LogP contribution in [-0.4, -0.2) is 77.6 Å². The van der Waals surface area contributed by atoms with Crippen molar-refractivity contribution in [3.63, 3.8) is 0 Å². The van der Waals surface area contributed by atoms with Crippen LogP contribution in [0.5, 0.6) is 0 Å². The zero-order valence-corrected chi connectivity index (χ0v) is 15.7. The molecule has 0 aromatic carbocycles. The number of hydrogen-bond donors (Lipinski definition) is 1. The van der Waals surface area contributed by atoms with E-state index in [2.05, 4.69) is 28.7 Å². The zero-order valence-electron chi connectivity index (χ0n) is 15.7. The summed E-state index contributed by atoms with van der Waals surface area (Å²) in [6.07, 6.45) is 3.62. The van der Waals surface area contributed by atoms with E-state index < -0.39 is 23.8 Å². The van der Waals surface area contributed by atoms with Crippen molar-refractivity contribution in [3.05, 3.63) is 35.6 Å². The Balaban J connectivity index is 1.84. The summed E-state index contributed by atoms with van der Waals surface area (Å²) in [7, 11) is 2.05. The second-order valence-electron chi connectivity index (χ2n) is 7.05. The van der Waals surface area contributed by atoms with Crippen molar-refractivity contribution >= 4 is 23.6 Å². The SMILES string of the molecule is C=C/C(=C\C1=C(C)C(=O)N(C2CCC(=O)NC2=O)C1=O)N1CCN(C)CC1. The van der Waals surface area contributed by atoms with Crippen molar-refractivity contribution in [2.45, 2.75) is 25.8 Å². The Morgan fingerprint density at radius 3 is 2.37 bits per heavy atom. The molecule has 0 aliphatic carbocycles. The minimum atomic E-state index is -0.945. The number of carbonyl (C=O) groups excluding carboxylic acids is 4. The summed E-state index contributed by atoms with van der Waals surface area (Å²) in [5.41, 5.74) is 1.36. The third-order valence-electron chi connectivity index (χ3n) is 5.28. The highest BCUT2D eigenvalue weighted by atomic mass is 16.2. The summed E-state index contributed by atoms with van der Waals surface area (Å²) in [6, 6.07) is -0.945. The molecule has 1 unspecified atom stereocenters. The number of amides is 4. The highest BCUT2D eigenvalue weighted by Gasteiger charge is 2.44. The lowest BCUT2D eigenvalue weighted by atomic mass is 10.0. The molecule has 1 N–H and O–H groups in total. The Labute approximate surface area is 158 Å². The van der Waals surface area contributed by atoms with E-state index in [9.17, 15) is 19.2 Å². The van der Waals surface area contributed by atoms with E-state index in [-0.39, 0.29) is 24.3 Å². The molecule has 0 saturated carbocycles. The van der Waals surface area contributed by atoms with Gasteiger partial charge < -0.3 is 9.80 Å². The van der Waals surface area contributed by atoms with E-state index >= 15 is 0 Å². The minimum absolute atomic E-state index is 0.108. The Kier molecular flexibility index (Phi) is 5.27. The lowest BCUT2D eigenvalue weighted by Crippen LogP contribution is -2.54. The number of likely N-dealkylation sites (N-methyl/N-ethyl adjacent to an activating group) is 1. The van der Waals surface area contributed by atoms with Gasteiger partial charge in [0.1, 0.15) is 6.04 Å². The van der Waals surface area contributed by atoms with E-state index in [4.69, 9.17) is 0 Å². The molecule has 27 heavy (non-hydrogen) atoms. The van der Waals surface area contributed by atoms with Crippen LogP contribution < -0.4 is 5.32 Å². The molecular formula is C19H24N4O4. The van der Waals surface area contributed by atoms with Crippen molar-refractivity contribution in [1.82, 2.24) is 20.0 Å². The molecule has 3 rings (SSSR count). The first-order valence-corrected chi connectivity index (χ1v) is 9.03. The topological polar surface area (TPSA) is 90.0 Å². The molecule has 4 amide bonds. The normalized spacial score (nSPS) is 25.4. The fourth-order valence-electron chi connectivity index (χ4n) is 3.55. The quantitative estimate of drug-likeness (QED) is 0.543. The Bertz CT molecular complexity index is 775. The molecule has 3 aliphatic heterocycles. The van der Waals surface area contributed by atoms with Crippen LogP contribution in [0.4, 0.5) is 0 Å². The van der Waals surface area contributed by atoms with Crippen LogP contribution in [0.1, 0.15) is 19.8 Å². The van der Waals surface area contributed by atoms with E-state index in [0.29, 0.717) is 5.57 Å². The fourth-order valence-corrected chi connectivity index (χ4v) is 3.55. The van der Waals surface area contributed by atoms with Crippen molar-refractivity contribution in [2.75, 3.05) is 33.2 Å². The molecule has 8 nitrogen and oxygen atoms in total. The molecular weight excluding hydrogens is 348 g/mol. The van der Waals surface area contributed by atoms with E-state index in [0.717, 1.165) is 36.8 Å². The molecule has 0 radical (unpaired) electrons. The van der Waals surface area contributed by atoms with E-state index in [1.807, 2.05) is 0 Å². The zero-order chi connectivity index (χ0) is 19.7. The van der Waals surface area contributed by atoms with Crippen molar-refractivity contribution in [1.29, 1.82) is 0 Å². The van der Waals surface area contributed by atoms with Crippen molar-refractivity contribution in [3.8, 4) is 0 Å². The molecule has 0 aromatic heterocycles. The molecule has 2 saturated heterocycles. The highest BCUT2D eigenvalue weighted by molar-refractivity contribution is 6.22. The van der Waals surface area contributed by atoms with Gasteiger partial charge in [0, 0.05) is 43.9 Å². The van der Waals surface area contributed by atoms with Gasteiger partial charge in [0.15, 0.2) is 0 Å². The van der Waals surface area contributed by atoms with Crippen LogP contribution in [-0.2, 0) is 19.2 Å². The number of nitrogens with zero attached hydrogens (tertiary/aromatic N) is 3. The second kappa shape index (κ2) is 7.48. The maximum Gasteiger partial charge on any atom is 0.262 e. The minimum Gasteiger partial charge on any atom is -0.369 e. The van der Waals surface area contributed by atoms with Gasteiger partial charge in [-0.05, 0) is 32.5 Å². The largest absolute Gasteiger partial charge is 0.369 e. The van der Waals surface area contributed by atoms with Crippen LogP contribution in [0.15, 0.2) is 35.6 Å². The summed E-state index contributed by atoms with van der Waals surface area (Å²) < 4.78 is 0. The third-order valence-corrected chi connectivity index (χ3v) is 5.28. The van der Waals surface area contributed by atoms with E-state index in [1.165, 1.54) is 0 Å². The second-order valence-corrected chi connectivity index (χ2v) is 7.05. The predicted octanol–water partition coefficient (Wildman–Crippen LogP) is -0.206. The Morgan fingerprint density at radius 2 is 1.78 bits per heavy atom. The number of piperidine rings is 1. The molecule has 1 atom stereocenters. The Morgan fingerprint density at radius 1 is 1.11 bits per heavy atom. The first-order valence-electron chi connectivity index (χ1n) is 9.03. The lowest BCUT2D eigenvalue weighted by Gasteiger charge is -2.34. The molecule has 3 heterocycles. The van der Waals surface area contributed by atoms with E-state index in [1.54, 1.807) is 19.1 Å². The first kappa shape index (κ1) is 19.0. The van der Waals surface area contributed by atoms with Gasteiger partial charge in [0.2, 0.25) is 11.8 Å². The predicted molar refractivity (Wildman–Crippen MR) is 98.1 cm³/mol. The molecule has 0 aromatic rings. The van der Waals surface area contributed by atoms with Crippen LogP contribution in [0.3, 0.4) is 0 Å². The molecule has 0 bridgehead atoms. The number of hydrogen-bond acceptors (Lipinski definition) is 6. The third kappa shape index (κ3) is 3.57. The van der Waals surface area contributed by atoms with Crippen LogP contribution in [0, 0.1) is 0 Å². The van der Waals surface area contributed by atoms with Gasteiger partial charge in [0.05, 0.1) is 5.57 Å². The number of rotatable bonds is 4. The van der Waals surface area contributed by atoms with Gasteiger partial charge in [0.25, 0.3) is 11.8 Å². The summed E-state index contributed by atoms with van der Waals surface area (Å²) in [4.78, 5) is 54.3. The summed E-state index contributed by atoms with van der Waals surface area (Å²) in [5.74, 6) is -1.97. The standard InChI is InChI=1S/C19H24N4O4/c1-4-13(22-9-7-21(3)8-10-22)11-14-12(2)18(26)23(19(14)27)15-5-6-16(24)20-17(15)25/h4,11,15H,1,5-10H2,2-3H3,(H,20,24,25)/b13-11+. The summed E-state index contributed by atoms with van der Waals surface area (Å²) >= 11 is 0. The van der Waals surface area contributed by atoms with Gasteiger partial charge in [-0.3, -0.25) is 29.4 Å². The van der Waals surface area contributed by atoms with Gasteiger partial charge in [-0.15, -0.1) is 0 Å². The van der Waals surface area contributed by atoms with Crippen molar-refractivity contribution in [2.24, 2.45) is 0 Å². The fraction of sp³-hybridized carbons (Fsp3) is 0.474. The smallest absolute Gasteiger partial charge is 0.262 e. The number of allylic oxidation sites excluding steroid dienone is 1. The van der Waals surface area contributed by atoms with Gasteiger partial charge in [-0.25, -0.2) is 0 Å². The number of nitrogens with one attached hydrogen (secondary N) is 1. The van der Waals surface area contributed by atoms with Crippen LogP contribution in [0.2, 0.25) is 0 Å². The monoisotopic (exact) mass is 372 g/mol. The summed E-state index contributed by atoms with van der Waals surface area (Å²) in [5, 5.41) is 2.20. The number of imide groups is 2. The average Bonchev–Trinajstić information content (AvgIpc) is 2.84. The molecule has 3 aliphatic rings. The average molecular weight is 372 g/mol. The number of piperazine rings is 1. The van der Waals surface area contributed by atoms with Crippen LogP contribution >= 0.6 is 0 Å². The summed E-state index contributed by atoms with van der Waals surface area (Å²) in [6.45, 7) is 8.84. The van der Waals surface area contributed by atoms with Gasteiger partial charge in [-0.2, -0.15) is 0 Å². The van der Waals surface area contributed by atoms with Crippen molar-refractivity contribution < 1.29 is 19.2 Å². The first-order chi connectivity index (χ1) is 12.8. The van der Waals surface area contributed by atoms with Gasteiger partial charge in [-0.1, -0.05) is 6.58 Å². The highest BCUT2D eigenvalue weighted by Crippen LogP contribution is 2.28. The lowest BCUT2D eigenvalue weighted by molar-refractivity contribution is -0.150. The molecule has 0 spiro atoms. The maximum absolute atomic E-state index is 12.9. The Hall–Kier alpha value is -2.74. The van der Waals surface area contributed by atoms with Gasteiger partial charge >= 0.3 is 0 Å². The maximum atomic E-state index is 12.9.